The third kappa shape index (κ3) is 3.29. The first-order valence-corrected chi connectivity index (χ1v) is 9.30. The minimum atomic E-state index is -4.31. The molecule has 10 heteroatoms. The lowest BCUT2D eigenvalue weighted by Crippen LogP contribution is -2.32. The second kappa shape index (κ2) is 6.52. The van der Waals surface area contributed by atoms with E-state index in [0.29, 0.717) is 17.8 Å². The molecule has 1 saturated carbocycles. The van der Waals surface area contributed by atoms with Crippen LogP contribution in [0.1, 0.15) is 38.9 Å². The Morgan fingerprint density at radius 1 is 1.17 bits per heavy atom. The van der Waals surface area contributed by atoms with Crippen molar-refractivity contribution in [2.45, 2.75) is 24.5 Å². The molecule has 0 radical (unpaired) electrons. The largest absolute Gasteiger partial charge is 0.465 e. The highest BCUT2D eigenvalue weighted by molar-refractivity contribution is 7.92. The van der Waals surface area contributed by atoms with Crippen LogP contribution in [0.3, 0.4) is 0 Å². The van der Waals surface area contributed by atoms with E-state index in [1.54, 1.807) is 0 Å². The van der Waals surface area contributed by atoms with Crippen molar-refractivity contribution in [1.29, 1.82) is 0 Å². The van der Waals surface area contributed by atoms with Gasteiger partial charge in [0.1, 0.15) is 4.88 Å². The van der Waals surface area contributed by atoms with E-state index >= 15 is 0 Å². The van der Waals surface area contributed by atoms with Gasteiger partial charge in [0.15, 0.2) is 4.21 Å². The predicted molar refractivity (Wildman–Crippen MR) is 84.3 cm³/mol. The van der Waals surface area contributed by atoms with Gasteiger partial charge in [-0.15, -0.1) is 11.3 Å². The normalized spacial score (nSPS) is 19.5. The maximum Gasteiger partial charge on any atom is 0.348 e. The van der Waals surface area contributed by atoms with Crippen molar-refractivity contribution in [1.82, 2.24) is 4.72 Å². The summed E-state index contributed by atoms with van der Waals surface area (Å²) in [6.45, 7) is 3.25. The number of carbonyl (C=O) groups is 3. The minimum absolute atomic E-state index is 0.0366. The van der Waals surface area contributed by atoms with Crippen LogP contribution in [0.2, 0.25) is 0 Å². The van der Waals surface area contributed by atoms with Gasteiger partial charge in [-0.2, -0.15) is 0 Å². The molecule has 1 aliphatic rings. The summed E-state index contributed by atoms with van der Waals surface area (Å²) >= 11 is 0.566. The molecule has 1 aromatic rings. The zero-order chi connectivity index (χ0) is 18.2. The molecule has 8 nitrogen and oxygen atoms in total. The zero-order valence-corrected chi connectivity index (χ0v) is 15.2. The van der Waals surface area contributed by atoms with E-state index in [2.05, 4.69) is 9.47 Å². The number of carbonyl (C=O) groups excluding carboxylic acids is 3. The maximum absolute atomic E-state index is 12.5. The van der Waals surface area contributed by atoms with E-state index in [4.69, 9.17) is 0 Å². The van der Waals surface area contributed by atoms with Crippen molar-refractivity contribution in [2.24, 2.45) is 11.8 Å². The van der Waals surface area contributed by atoms with Gasteiger partial charge in [0.2, 0.25) is 5.91 Å². The summed E-state index contributed by atoms with van der Waals surface area (Å²) < 4.78 is 35.8. The molecule has 2 atom stereocenters. The van der Waals surface area contributed by atoms with Crippen LogP contribution in [-0.4, -0.2) is 40.5 Å². The second-order valence-corrected chi connectivity index (χ2v) is 8.39. The molecule has 24 heavy (non-hydrogen) atoms. The number of rotatable bonds is 5. The Hall–Kier alpha value is -1.94. The molecule has 1 aliphatic carbocycles. The molecule has 0 aliphatic heterocycles. The molecule has 1 fully saturated rings. The lowest BCUT2D eigenvalue weighted by molar-refractivity contribution is -0.120. The fourth-order valence-corrected chi connectivity index (χ4v) is 5.02. The van der Waals surface area contributed by atoms with E-state index in [9.17, 15) is 22.8 Å². The average molecular weight is 375 g/mol. The number of esters is 2. The van der Waals surface area contributed by atoms with E-state index < -0.39 is 32.1 Å². The van der Waals surface area contributed by atoms with Crippen molar-refractivity contribution < 1.29 is 32.3 Å². The van der Waals surface area contributed by atoms with Gasteiger partial charge in [0.25, 0.3) is 10.0 Å². The standard InChI is InChI=1S/C14H17NO7S2/c1-6-5-8(6)11(16)15-24(19,20)14-9(12(17)21-3)7(2)10(23-14)13(18)22-4/h6,8H,5H2,1-4H3,(H,15,16)/t6-,8-/m0/s1. The first kappa shape index (κ1) is 18.4. The van der Waals surface area contributed by atoms with E-state index in [1.165, 1.54) is 6.92 Å². The number of hydrogen-bond donors (Lipinski definition) is 1. The Bertz CT molecular complexity index is 809. The SMILES string of the molecule is COC(=O)c1sc(S(=O)(=O)NC(=O)[C@H]2C[C@@H]2C)c(C(=O)OC)c1C. The number of nitrogens with one attached hydrogen (secondary N) is 1. The van der Waals surface area contributed by atoms with Crippen LogP contribution in [0.25, 0.3) is 0 Å². The van der Waals surface area contributed by atoms with Crippen molar-refractivity contribution in [2.75, 3.05) is 14.2 Å². The average Bonchev–Trinajstić information content (AvgIpc) is 3.15. The molecular formula is C14H17NO7S2. The molecule has 1 heterocycles. The highest BCUT2D eigenvalue weighted by Gasteiger charge is 2.42. The van der Waals surface area contributed by atoms with Gasteiger partial charge in [-0.05, 0) is 24.8 Å². The van der Waals surface area contributed by atoms with Gasteiger partial charge in [-0.1, -0.05) is 6.92 Å². The van der Waals surface area contributed by atoms with Crippen LogP contribution >= 0.6 is 11.3 Å². The summed E-state index contributed by atoms with van der Waals surface area (Å²) in [4.78, 5) is 35.6. The first-order valence-electron chi connectivity index (χ1n) is 7.00. The zero-order valence-electron chi connectivity index (χ0n) is 13.5. The Morgan fingerprint density at radius 2 is 1.71 bits per heavy atom. The van der Waals surface area contributed by atoms with E-state index in [0.717, 1.165) is 14.2 Å². The number of hydrogen-bond acceptors (Lipinski definition) is 8. The molecule has 0 spiro atoms. The Balaban J connectivity index is 2.49. The number of amides is 1. The summed E-state index contributed by atoms with van der Waals surface area (Å²) in [7, 11) is -2.07. The van der Waals surface area contributed by atoms with Gasteiger partial charge in [-0.25, -0.2) is 22.7 Å². The summed E-state index contributed by atoms with van der Waals surface area (Å²) in [5, 5.41) is 0. The van der Waals surface area contributed by atoms with Gasteiger partial charge in [0.05, 0.1) is 19.8 Å². The van der Waals surface area contributed by atoms with E-state index in [-0.39, 0.29) is 27.8 Å². The van der Waals surface area contributed by atoms with Gasteiger partial charge in [-0.3, -0.25) is 4.79 Å². The van der Waals surface area contributed by atoms with Crippen molar-refractivity contribution >= 4 is 39.2 Å². The molecule has 0 saturated heterocycles. The quantitative estimate of drug-likeness (QED) is 0.766. The topological polar surface area (TPSA) is 116 Å². The van der Waals surface area contributed by atoms with E-state index in [1.807, 2.05) is 11.6 Å². The third-order valence-corrected chi connectivity index (χ3v) is 6.94. The van der Waals surface area contributed by atoms with Gasteiger partial charge >= 0.3 is 11.9 Å². The summed E-state index contributed by atoms with van der Waals surface area (Å²) in [6, 6.07) is 0. The molecule has 2 rings (SSSR count). The first-order chi connectivity index (χ1) is 11.1. The molecule has 1 amide bonds. The highest BCUT2D eigenvalue weighted by Crippen LogP contribution is 2.39. The maximum atomic E-state index is 12.5. The number of thiophene rings is 1. The van der Waals surface area contributed by atoms with Gasteiger partial charge < -0.3 is 9.47 Å². The summed E-state index contributed by atoms with van der Waals surface area (Å²) in [5.41, 5.74) is -0.140. The van der Waals surface area contributed by atoms with Crippen LogP contribution in [-0.2, 0) is 24.3 Å². The number of ether oxygens (including phenoxy) is 2. The molecule has 1 N–H and O–H groups in total. The summed E-state index contributed by atoms with van der Waals surface area (Å²) in [6.07, 6.45) is 0.613. The third-order valence-electron chi connectivity index (χ3n) is 3.80. The molecule has 0 unspecified atom stereocenters. The van der Waals surface area contributed by atoms with Crippen LogP contribution in [0.4, 0.5) is 0 Å². The smallest absolute Gasteiger partial charge is 0.348 e. The van der Waals surface area contributed by atoms with Crippen molar-refractivity contribution in [3.63, 3.8) is 0 Å². The Labute approximate surface area is 143 Å². The Morgan fingerprint density at radius 3 is 2.17 bits per heavy atom. The lowest BCUT2D eigenvalue weighted by Gasteiger charge is -2.07. The van der Waals surface area contributed by atoms with Crippen molar-refractivity contribution in [3.05, 3.63) is 16.0 Å². The molecule has 0 aromatic carbocycles. The number of sulfonamides is 1. The molecule has 132 valence electrons. The van der Waals surface area contributed by atoms with Crippen LogP contribution in [0, 0.1) is 18.8 Å². The highest BCUT2D eigenvalue weighted by atomic mass is 32.2. The van der Waals surface area contributed by atoms with Crippen LogP contribution in [0.15, 0.2) is 4.21 Å². The fraction of sp³-hybridized carbons (Fsp3) is 0.500. The minimum Gasteiger partial charge on any atom is -0.465 e. The molecule has 0 bridgehead atoms. The van der Waals surface area contributed by atoms with Crippen LogP contribution < -0.4 is 4.72 Å². The fourth-order valence-electron chi connectivity index (χ4n) is 2.24. The summed E-state index contributed by atoms with van der Waals surface area (Å²) in [5.74, 6) is -2.54. The monoisotopic (exact) mass is 375 g/mol. The second-order valence-electron chi connectivity index (χ2n) is 5.49. The predicted octanol–water partition coefficient (Wildman–Crippen LogP) is 1.09. The molecule has 1 aromatic heterocycles. The number of methoxy groups -OCH3 is 2. The molecular weight excluding hydrogens is 358 g/mol. The van der Waals surface area contributed by atoms with Crippen LogP contribution in [0.5, 0.6) is 0 Å². The Kier molecular flexibility index (Phi) is 5.00. The van der Waals surface area contributed by atoms with Crippen molar-refractivity contribution in [3.8, 4) is 0 Å². The van der Waals surface area contributed by atoms with Gasteiger partial charge in [0, 0.05) is 5.92 Å². The lowest BCUT2D eigenvalue weighted by atomic mass is 10.2.